The summed E-state index contributed by atoms with van der Waals surface area (Å²) in [6, 6.07) is 0.117. The van der Waals surface area contributed by atoms with Gasteiger partial charge in [-0.2, -0.15) is 5.10 Å². The zero-order chi connectivity index (χ0) is 13.2. The molecule has 0 saturated carbocycles. The van der Waals surface area contributed by atoms with Crippen LogP contribution in [0.25, 0.3) is 0 Å². The highest BCUT2D eigenvalue weighted by Crippen LogP contribution is 2.34. The van der Waals surface area contributed by atoms with E-state index in [0.29, 0.717) is 5.92 Å². The van der Waals surface area contributed by atoms with E-state index >= 15 is 0 Å². The Balaban J connectivity index is 2.87. The highest BCUT2D eigenvalue weighted by atomic mass is 79.9. The smallest absolute Gasteiger partial charge is 0.0705 e. The van der Waals surface area contributed by atoms with Crippen molar-refractivity contribution in [2.24, 2.45) is 24.2 Å². The fraction of sp³-hybridized carbons (Fsp3) is 0.750. The molecular formula is C12H23BrN4. The fourth-order valence-electron chi connectivity index (χ4n) is 1.78. The molecule has 2 unspecified atom stereocenters. The first kappa shape index (κ1) is 14.7. The Labute approximate surface area is 112 Å². The molecule has 0 bridgehead atoms. The largest absolute Gasteiger partial charge is 0.271 e. The number of halogens is 1. The van der Waals surface area contributed by atoms with Gasteiger partial charge in [-0.1, -0.05) is 27.7 Å². The summed E-state index contributed by atoms with van der Waals surface area (Å²) >= 11 is 3.52. The van der Waals surface area contributed by atoms with Gasteiger partial charge in [0.25, 0.3) is 0 Å². The van der Waals surface area contributed by atoms with E-state index in [9.17, 15) is 0 Å². The lowest BCUT2D eigenvalue weighted by molar-refractivity contribution is 0.220. The van der Waals surface area contributed by atoms with Crippen LogP contribution in [0.4, 0.5) is 0 Å². The van der Waals surface area contributed by atoms with Gasteiger partial charge in [-0.15, -0.1) is 0 Å². The van der Waals surface area contributed by atoms with Crippen molar-refractivity contribution >= 4 is 15.9 Å². The Morgan fingerprint density at radius 2 is 2.12 bits per heavy atom. The first-order valence-electron chi connectivity index (χ1n) is 5.91. The van der Waals surface area contributed by atoms with Gasteiger partial charge >= 0.3 is 0 Å². The average Bonchev–Trinajstić information content (AvgIpc) is 2.54. The molecule has 4 nitrogen and oxygen atoms in total. The molecule has 0 aliphatic rings. The average molecular weight is 303 g/mol. The zero-order valence-electron chi connectivity index (χ0n) is 11.3. The predicted octanol–water partition coefficient (Wildman–Crippen LogP) is 2.76. The van der Waals surface area contributed by atoms with Gasteiger partial charge in [-0.05, 0) is 33.7 Å². The van der Waals surface area contributed by atoms with Crippen molar-refractivity contribution in [2.45, 2.75) is 40.2 Å². The molecule has 98 valence electrons. The summed E-state index contributed by atoms with van der Waals surface area (Å²) in [5.74, 6) is 6.24. The predicted molar refractivity (Wildman–Crippen MR) is 74.2 cm³/mol. The van der Waals surface area contributed by atoms with Crippen molar-refractivity contribution < 1.29 is 0 Å². The van der Waals surface area contributed by atoms with E-state index in [1.165, 1.54) is 0 Å². The van der Waals surface area contributed by atoms with Crippen LogP contribution in [-0.4, -0.2) is 9.78 Å². The van der Waals surface area contributed by atoms with Gasteiger partial charge < -0.3 is 0 Å². The molecular weight excluding hydrogens is 280 g/mol. The number of aryl methyl sites for hydroxylation is 1. The highest BCUT2D eigenvalue weighted by Gasteiger charge is 2.26. The SMILES string of the molecule is CC(CC(NN)c1c(Br)cnn1C)C(C)(C)C. The van der Waals surface area contributed by atoms with Crippen LogP contribution >= 0.6 is 15.9 Å². The monoisotopic (exact) mass is 302 g/mol. The van der Waals surface area contributed by atoms with E-state index < -0.39 is 0 Å². The molecule has 1 aromatic rings. The van der Waals surface area contributed by atoms with Crippen LogP contribution in [0.2, 0.25) is 0 Å². The van der Waals surface area contributed by atoms with Gasteiger partial charge in [0, 0.05) is 7.05 Å². The Hall–Kier alpha value is -0.390. The number of hydrogen-bond acceptors (Lipinski definition) is 3. The number of hydrogen-bond donors (Lipinski definition) is 2. The molecule has 17 heavy (non-hydrogen) atoms. The van der Waals surface area contributed by atoms with E-state index in [1.54, 1.807) is 6.20 Å². The summed E-state index contributed by atoms with van der Waals surface area (Å²) in [4.78, 5) is 0. The lowest BCUT2D eigenvalue weighted by atomic mass is 9.78. The Kier molecular flexibility index (Phi) is 4.75. The number of nitrogens with two attached hydrogens (primary N) is 1. The minimum absolute atomic E-state index is 0.117. The maximum Gasteiger partial charge on any atom is 0.0705 e. The van der Waals surface area contributed by atoms with Crippen molar-refractivity contribution in [3.8, 4) is 0 Å². The summed E-state index contributed by atoms with van der Waals surface area (Å²) in [5, 5.41) is 4.23. The van der Waals surface area contributed by atoms with Crippen molar-refractivity contribution in [3.05, 3.63) is 16.4 Å². The number of nitrogens with one attached hydrogen (secondary N) is 1. The molecule has 0 aliphatic heterocycles. The van der Waals surface area contributed by atoms with E-state index in [1.807, 2.05) is 11.7 Å². The fourth-order valence-corrected chi connectivity index (χ4v) is 2.40. The molecule has 1 rings (SSSR count). The first-order valence-corrected chi connectivity index (χ1v) is 6.70. The summed E-state index contributed by atoms with van der Waals surface area (Å²) in [7, 11) is 1.94. The van der Waals surface area contributed by atoms with Crippen molar-refractivity contribution in [2.75, 3.05) is 0 Å². The molecule has 0 spiro atoms. The van der Waals surface area contributed by atoms with Gasteiger partial charge in [0.05, 0.1) is 22.4 Å². The maximum atomic E-state index is 5.68. The zero-order valence-corrected chi connectivity index (χ0v) is 12.9. The summed E-state index contributed by atoms with van der Waals surface area (Å²) in [6.07, 6.45) is 2.79. The van der Waals surface area contributed by atoms with Gasteiger partial charge in [0.1, 0.15) is 0 Å². The molecule has 2 atom stereocenters. The van der Waals surface area contributed by atoms with Crippen LogP contribution in [-0.2, 0) is 7.05 Å². The molecule has 0 aliphatic carbocycles. The number of rotatable bonds is 4. The van der Waals surface area contributed by atoms with Gasteiger partial charge in [0.15, 0.2) is 0 Å². The first-order chi connectivity index (χ1) is 7.77. The molecule has 0 saturated heterocycles. The van der Waals surface area contributed by atoms with Gasteiger partial charge in [-0.25, -0.2) is 0 Å². The van der Waals surface area contributed by atoms with Gasteiger partial charge in [0.2, 0.25) is 0 Å². The van der Waals surface area contributed by atoms with Crippen LogP contribution in [0, 0.1) is 11.3 Å². The third-order valence-electron chi connectivity index (χ3n) is 3.54. The van der Waals surface area contributed by atoms with Crippen molar-refractivity contribution in [1.82, 2.24) is 15.2 Å². The van der Waals surface area contributed by atoms with Crippen LogP contribution in [0.3, 0.4) is 0 Å². The molecule has 0 amide bonds. The topological polar surface area (TPSA) is 55.9 Å². The molecule has 0 aromatic carbocycles. The van der Waals surface area contributed by atoms with Gasteiger partial charge in [-0.3, -0.25) is 16.0 Å². The molecule has 3 N–H and O–H groups in total. The normalized spacial score (nSPS) is 15.9. The summed E-state index contributed by atoms with van der Waals surface area (Å²) < 4.78 is 2.87. The Morgan fingerprint density at radius 1 is 1.53 bits per heavy atom. The van der Waals surface area contributed by atoms with E-state index in [4.69, 9.17) is 5.84 Å². The molecule has 1 heterocycles. The summed E-state index contributed by atoms with van der Waals surface area (Å²) in [5.41, 5.74) is 4.28. The second kappa shape index (κ2) is 5.50. The highest BCUT2D eigenvalue weighted by molar-refractivity contribution is 9.10. The minimum atomic E-state index is 0.117. The maximum absolute atomic E-state index is 5.68. The van der Waals surface area contributed by atoms with E-state index in [-0.39, 0.29) is 11.5 Å². The standard InChI is InChI=1S/C12H23BrN4/c1-8(12(2,3)4)6-10(16-14)11-9(13)7-15-17(11)5/h7-8,10,16H,6,14H2,1-5H3. The third kappa shape index (κ3) is 3.53. The summed E-state index contributed by atoms with van der Waals surface area (Å²) in [6.45, 7) is 9.02. The second-order valence-corrected chi connectivity index (χ2v) is 6.58. The molecule has 1 aromatic heterocycles. The molecule has 5 heteroatoms. The van der Waals surface area contributed by atoms with E-state index in [2.05, 4.69) is 54.1 Å². The molecule has 0 radical (unpaired) electrons. The lowest BCUT2D eigenvalue weighted by Crippen LogP contribution is -2.33. The van der Waals surface area contributed by atoms with E-state index in [0.717, 1.165) is 16.6 Å². The van der Waals surface area contributed by atoms with Crippen LogP contribution in [0.1, 0.15) is 45.9 Å². The van der Waals surface area contributed by atoms with Crippen LogP contribution < -0.4 is 11.3 Å². The number of nitrogens with zero attached hydrogens (tertiary/aromatic N) is 2. The quantitative estimate of drug-likeness (QED) is 0.664. The Morgan fingerprint density at radius 3 is 2.47 bits per heavy atom. The number of aromatic nitrogens is 2. The second-order valence-electron chi connectivity index (χ2n) is 5.72. The van der Waals surface area contributed by atoms with Crippen molar-refractivity contribution in [1.29, 1.82) is 0 Å². The lowest BCUT2D eigenvalue weighted by Gasteiger charge is -2.30. The minimum Gasteiger partial charge on any atom is -0.271 e. The van der Waals surface area contributed by atoms with Crippen molar-refractivity contribution in [3.63, 3.8) is 0 Å². The van der Waals surface area contributed by atoms with Crippen LogP contribution in [0.15, 0.2) is 10.7 Å². The van der Waals surface area contributed by atoms with Crippen LogP contribution in [0.5, 0.6) is 0 Å². The molecule has 0 fully saturated rings. The Bertz CT molecular complexity index is 348. The third-order valence-corrected chi connectivity index (χ3v) is 4.15. The number of hydrazine groups is 1.